The molecule has 0 radical (unpaired) electrons. The average molecular weight is 438 g/mol. The Morgan fingerprint density at radius 3 is 2.38 bits per heavy atom. The van der Waals surface area contributed by atoms with Crippen molar-refractivity contribution in [3.8, 4) is 11.4 Å². The van der Waals surface area contributed by atoms with Crippen LogP contribution in [0.2, 0.25) is 0 Å². The van der Waals surface area contributed by atoms with Gasteiger partial charge in [0.2, 0.25) is 5.69 Å². The van der Waals surface area contributed by atoms with E-state index in [2.05, 4.69) is 10.4 Å². The number of hydrogen-bond acceptors (Lipinski definition) is 7. The highest BCUT2D eigenvalue weighted by Gasteiger charge is 2.21. The Hall–Kier alpha value is -4.21. The van der Waals surface area contributed by atoms with Crippen LogP contribution < -0.4 is 10.1 Å². The molecule has 0 bridgehead atoms. The van der Waals surface area contributed by atoms with Crippen molar-refractivity contribution >= 4 is 23.3 Å². The minimum atomic E-state index is -0.710. The molecule has 0 saturated carbocycles. The van der Waals surface area contributed by atoms with E-state index in [1.54, 1.807) is 6.92 Å². The van der Waals surface area contributed by atoms with Gasteiger partial charge < -0.3 is 14.8 Å². The topological polar surface area (TPSA) is 126 Å². The summed E-state index contributed by atoms with van der Waals surface area (Å²) in [6, 6.07) is 11.3. The molecule has 0 spiro atoms. The van der Waals surface area contributed by atoms with E-state index < -0.39 is 16.8 Å². The van der Waals surface area contributed by atoms with Crippen LogP contribution in [-0.2, 0) is 9.53 Å². The number of aromatic nitrogens is 2. The van der Waals surface area contributed by atoms with E-state index in [1.165, 1.54) is 35.1 Å². The number of nitro benzene ring substituents is 1. The standard InChI is InChI=1S/C22H22N4O6/c1-4-31-22(28)21-19(12-25(24-21)17-5-7-18(8-6-17)26(29)30)32-13-20(27)23-16-10-14(2)9-15(3)11-16/h5-12H,4,13H2,1-3H3,(H,23,27). The van der Waals surface area contributed by atoms with Crippen LogP contribution in [-0.4, -0.2) is 39.8 Å². The number of nitro groups is 1. The molecule has 10 nitrogen and oxygen atoms in total. The van der Waals surface area contributed by atoms with E-state index in [4.69, 9.17) is 9.47 Å². The number of non-ortho nitro benzene ring substituents is 1. The highest BCUT2D eigenvalue weighted by Crippen LogP contribution is 2.22. The highest BCUT2D eigenvalue weighted by molar-refractivity contribution is 5.93. The average Bonchev–Trinajstić information content (AvgIpc) is 3.16. The predicted octanol–water partition coefficient (Wildman–Crippen LogP) is 3.59. The zero-order valence-electron chi connectivity index (χ0n) is 17.8. The molecule has 0 unspecified atom stereocenters. The van der Waals surface area contributed by atoms with E-state index in [0.29, 0.717) is 11.4 Å². The number of aryl methyl sites for hydroxylation is 2. The second kappa shape index (κ2) is 9.73. The Morgan fingerprint density at radius 1 is 1.12 bits per heavy atom. The quantitative estimate of drug-likeness (QED) is 0.324. The van der Waals surface area contributed by atoms with Crippen LogP contribution in [0.25, 0.3) is 5.69 Å². The lowest BCUT2D eigenvalue weighted by atomic mass is 10.1. The number of esters is 1. The van der Waals surface area contributed by atoms with Crippen LogP contribution in [0.5, 0.6) is 5.75 Å². The van der Waals surface area contributed by atoms with E-state index >= 15 is 0 Å². The van der Waals surface area contributed by atoms with Crippen LogP contribution in [0.3, 0.4) is 0 Å². The van der Waals surface area contributed by atoms with Crippen molar-refractivity contribution in [3.63, 3.8) is 0 Å². The zero-order chi connectivity index (χ0) is 23.3. The minimum absolute atomic E-state index is 0.0531. The Bertz CT molecular complexity index is 1130. The maximum atomic E-state index is 12.4. The fraction of sp³-hybridized carbons (Fsp3) is 0.227. The molecule has 2 aromatic carbocycles. The van der Waals surface area contributed by atoms with Gasteiger partial charge in [-0.15, -0.1) is 0 Å². The number of hydrogen-bond donors (Lipinski definition) is 1. The van der Waals surface area contributed by atoms with Gasteiger partial charge in [-0.3, -0.25) is 14.9 Å². The number of amides is 1. The first-order chi connectivity index (χ1) is 15.3. The molecule has 32 heavy (non-hydrogen) atoms. The molecule has 0 aliphatic rings. The molecule has 1 amide bonds. The van der Waals surface area contributed by atoms with Crippen molar-refractivity contribution in [2.45, 2.75) is 20.8 Å². The van der Waals surface area contributed by atoms with Crippen molar-refractivity contribution in [2.24, 2.45) is 0 Å². The second-order valence-electron chi connectivity index (χ2n) is 6.99. The summed E-state index contributed by atoms with van der Waals surface area (Å²) in [5, 5.41) is 17.8. The summed E-state index contributed by atoms with van der Waals surface area (Å²) >= 11 is 0. The van der Waals surface area contributed by atoms with Crippen molar-refractivity contribution in [1.82, 2.24) is 9.78 Å². The first-order valence-corrected chi connectivity index (χ1v) is 9.79. The summed E-state index contributed by atoms with van der Waals surface area (Å²) < 4.78 is 11.9. The summed E-state index contributed by atoms with van der Waals surface area (Å²) in [5.41, 5.74) is 2.94. The molecule has 166 valence electrons. The molecule has 0 aliphatic carbocycles. The monoisotopic (exact) mass is 438 g/mol. The van der Waals surface area contributed by atoms with Gasteiger partial charge in [-0.05, 0) is 56.2 Å². The number of carbonyl (C=O) groups excluding carboxylic acids is 2. The van der Waals surface area contributed by atoms with Gasteiger partial charge >= 0.3 is 5.97 Å². The Labute approximate surface area is 183 Å². The fourth-order valence-corrected chi connectivity index (χ4v) is 3.05. The lowest BCUT2D eigenvalue weighted by molar-refractivity contribution is -0.384. The number of ether oxygens (including phenoxy) is 2. The van der Waals surface area contributed by atoms with Crippen molar-refractivity contribution in [1.29, 1.82) is 0 Å². The van der Waals surface area contributed by atoms with Crippen LogP contribution in [0.1, 0.15) is 28.5 Å². The first-order valence-electron chi connectivity index (χ1n) is 9.79. The SMILES string of the molecule is CCOC(=O)c1nn(-c2ccc([N+](=O)[O-])cc2)cc1OCC(=O)Nc1cc(C)cc(C)c1. The predicted molar refractivity (Wildman–Crippen MR) is 116 cm³/mol. The summed E-state index contributed by atoms with van der Waals surface area (Å²) in [6.07, 6.45) is 1.41. The van der Waals surface area contributed by atoms with Gasteiger partial charge in [0.1, 0.15) is 0 Å². The number of carbonyl (C=O) groups is 2. The lowest BCUT2D eigenvalue weighted by Gasteiger charge is -2.09. The van der Waals surface area contributed by atoms with Gasteiger partial charge in [-0.2, -0.15) is 5.10 Å². The summed E-state index contributed by atoms with van der Waals surface area (Å²) in [7, 11) is 0. The fourth-order valence-electron chi connectivity index (χ4n) is 3.05. The van der Waals surface area contributed by atoms with Gasteiger partial charge in [0.25, 0.3) is 11.6 Å². The number of nitrogens with zero attached hydrogens (tertiary/aromatic N) is 3. The van der Waals surface area contributed by atoms with E-state index in [9.17, 15) is 19.7 Å². The molecule has 0 saturated heterocycles. The molecule has 0 atom stereocenters. The van der Waals surface area contributed by atoms with E-state index in [-0.39, 0.29) is 30.3 Å². The van der Waals surface area contributed by atoms with Crippen molar-refractivity contribution in [2.75, 3.05) is 18.5 Å². The maximum absolute atomic E-state index is 12.4. The normalized spacial score (nSPS) is 10.5. The third kappa shape index (κ3) is 5.48. The van der Waals surface area contributed by atoms with Crippen LogP contribution in [0.15, 0.2) is 48.7 Å². The molecule has 0 fully saturated rings. The Balaban J connectivity index is 1.78. The van der Waals surface area contributed by atoms with Crippen LogP contribution >= 0.6 is 0 Å². The largest absolute Gasteiger partial charge is 0.480 e. The number of nitrogens with one attached hydrogen (secondary N) is 1. The summed E-state index contributed by atoms with van der Waals surface area (Å²) in [6.45, 7) is 5.29. The molecular formula is C22H22N4O6. The van der Waals surface area contributed by atoms with Gasteiger partial charge in [-0.25, -0.2) is 9.48 Å². The van der Waals surface area contributed by atoms with Gasteiger partial charge in [-0.1, -0.05) is 6.07 Å². The second-order valence-corrected chi connectivity index (χ2v) is 6.99. The number of anilines is 1. The lowest BCUT2D eigenvalue weighted by Crippen LogP contribution is -2.21. The molecular weight excluding hydrogens is 416 g/mol. The molecule has 1 N–H and O–H groups in total. The van der Waals surface area contributed by atoms with Crippen LogP contribution in [0, 0.1) is 24.0 Å². The third-order valence-corrected chi connectivity index (χ3v) is 4.34. The van der Waals surface area contributed by atoms with E-state index in [1.807, 2.05) is 32.0 Å². The molecule has 3 aromatic rings. The zero-order valence-corrected chi connectivity index (χ0v) is 17.8. The molecule has 1 aromatic heterocycles. The van der Waals surface area contributed by atoms with Crippen LogP contribution in [0.4, 0.5) is 11.4 Å². The molecule has 3 rings (SSSR count). The summed E-state index contributed by atoms with van der Waals surface area (Å²) in [4.78, 5) is 35.0. The van der Waals surface area contributed by atoms with Gasteiger partial charge in [0, 0.05) is 17.8 Å². The third-order valence-electron chi connectivity index (χ3n) is 4.34. The van der Waals surface area contributed by atoms with E-state index in [0.717, 1.165) is 11.1 Å². The van der Waals surface area contributed by atoms with Crippen molar-refractivity contribution < 1.29 is 24.0 Å². The number of benzene rings is 2. The smallest absolute Gasteiger partial charge is 0.362 e. The Morgan fingerprint density at radius 2 is 1.78 bits per heavy atom. The molecule has 0 aliphatic heterocycles. The maximum Gasteiger partial charge on any atom is 0.362 e. The molecule has 1 heterocycles. The molecule has 10 heteroatoms. The first kappa shape index (κ1) is 22.5. The highest BCUT2D eigenvalue weighted by atomic mass is 16.6. The van der Waals surface area contributed by atoms with Gasteiger partial charge in [0.05, 0.1) is 23.4 Å². The summed E-state index contributed by atoms with van der Waals surface area (Å²) in [5.74, 6) is -1.07. The minimum Gasteiger partial charge on any atom is -0.480 e. The number of rotatable bonds is 8. The van der Waals surface area contributed by atoms with Crippen molar-refractivity contribution in [3.05, 3.63) is 75.6 Å². The van der Waals surface area contributed by atoms with Gasteiger partial charge in [0.15, 0.2) is 12.4 Å². The Kier molecular flexibility index (Phi) is 6.83.